The summed E-state index contributed by atoms with van der Waals surface area (Å²) in [5.74, 6) is 0. The zero-order valence-electron chi connectivity index (χ0n) is 7.99. The number of rotatable bonds is 5. The van der Waals surface area contributed by atoms with Gasteiger partial charge < -0.3 is 4.90 Å². The van der Waals surface area contributed by atoms with Gasteiger partial charge in [0.1, 0.15) is 6.67 Å². The first kappa shape index (κ1) is 9.39. The van der Waals surface area contributed by atoms with Gasteiger partial charge in [0.2, 0.25) is 0 Å². The van der Waals surface area contributed by atoms with Crippen LogP contribution in [0.3, 0.4) is 0 Å². The second kappa shape index (κ2) is 5.04. The van der Waals surface area contributed by atoms with Crippen molar-refractivity contribution in [2.45, 2.75) is 26.2 Å². The van der Waals surface area contributed by atoms with Gasteiger partial charge in [0, 0.05) is 19.4 Å². The Morgan fingerprint density at radius 2 is 2.17 bits per heavy atom. The lowest BCUT2D eigenvalue weighted by atomic mass is 10.3. The summed E-state index contributed by atoms with van der Waals surface area (Å²) in [6.07, 6.45) is 7.64. The van der Waals surface area contributed by atoms with Crippen LogP contribution in [0, 0.1) is 0 Å². The highest BCUT2D eigenvalue weighted by Crippen LogP contribution is 2.05. The minimum Gasteiger partial charge on any atom is -0.360 e. The quantitative estimate of drug-likeness (QED) is 0.585. The Morgan fingerprint density at radius 1 is 1.33 bits per heavy atom. The lowest BCUT2D eigenvalue weighted by molar-refractivity contribution is -0.128. The van der Waals surface area contributed by atoms with Gasteiger partial charge in [0.05, 0.1) is 6.61 Å². The Morgan fingerprint density at radius 3 is 2.75 bits per heavy atom. The van der Waals surface area contributed by atoms with Crippen molar-refractivity contribution in [3.8, 4) is 0 Å². The average Bonchev–Trinajstić information content (AvgIpc) is 2.45. The molecule has 0 saturated heterocycles. The molecule has 0 aromatic heterocycles. The van der Waals surface area contributed by atoms with Crippen LogP contribution in [0.1, 0.15) is 26.2 Å². The zero-order valence-corrected chi connectivity index (χ0v) is 7.99. The minimum absolute atomic E-state index is 0.839. The number of unbranched alkanes of at least 4 members (excludes halogenated alkanes) is 2. The Labute approximate surface area is 74.6 Å². The predicted octanol–water partition coefficient (Wildman–Crippen LogP) is 1.78. The third kappa shape index (κ3) is 3.13. The van der Waals surface area contributed by atoms with Gasteiger partial charge in [0.25, 0.3) is 0 Å². The molecule has 70 valence electrons. The maximum atomic E-state index is 5.48. The number of hydroxylamine groups is 2. The van der Waals surface area contributed by atoms with E-state index in [-0.39, 0.29) is 0 Å². The van der Waals surface area contributed by atoms with Crippen LogP contribution in [0.25, 0.3) is 0 Å². The predicted molar refractivity (Wildman–Crippen MR) is 49.1 cm³/mol. The first-order valence-electron chi connectivity index (χ1n) is 4.61. The number of nitrogens with zero attached hydrogens (tertiary/aromatic N) is 2. The summed E-state index contributed by atoms with van der Waals surface area (Å²) in [5.41, 5.74) is 0. The van der Waals surface area contributed by atoms with E-state index in [9.17, 15) is 0 Å². The molecule has 0 aliphatic carbocycles. The largest absolute Gasteiger partial charge is 0.360 e. The molecule has 0 amide bonds. The second-order valence-electron chi connectivity index (χ2n) is 3.15. The third-order valence-corrected chi connectivity index (χ3v) is 1.85. The Bertz CT molecular complexity index is 147. The molecule has 0 aromatic carbocycles. The van der Waals surface area contributed by atoms with Crippen molar-refractivity contribution in [1.29, 1.82) is 0 Å². The lowest BCUT2D eigenvalue weighted by Crippen LogP contribution is -2.23. The lowest BCUT2D eigenvalue weighted by Gasteiger charge is -2.17. The van der Waals surface area contributed by atoms with Gasteiger partial charge in [-0.15, -0.1) is 0 Å². The number of hydrogen-bond donors (Lipinski definition) is 0. The number of hydrogen-bond acceptors (Lipinski definition) is 3. The minimum atomic E-state index is 0.839. The smallest absolute Gasteiger partial charge is 0.115 e. The summed E-state index contributed by atoms with van der Waals surface area (Å²) < 4.78 is 0. The van der Waals surface area contributed by atoms with Crippen LogP contribution < -0.4 is 0 Å². The van der Waals surface area contributed by atoms with E-state index >= 15 is 0 Å². The highest BCUT2D eigenvalue weighted by atomic mass is 16.7. The Balaban J connectivity index is 1.98. The fraction of sp³-hybridized carbons (Fsp3) is 0.778. The molecule has 1 heterocycles. The summed E-state index contributed by atoms with van der Waals surface area (Å²) in [5, 5.41) is 1.87. The molecule has 0 saturated carbocycles. The summed E-state index contributed by atoms with van der Waals surface area (Å²) in [7, 11) is 2.03. The molecule has 3 heteroatoms. The van der Waals surface area contributed by atoms with Crippen LogP contribution in [0.2, 0.25) is 0 Å². The van der Waals surface area contributed by atoms with Crippen molar-refractivity contribution in [2.24, 2.45) is 0 Å². The summed E-state index contributed by atoms with van der Waals surface area (Å²) in [6.45, 7) is 3.89. The van der Waals surface area contributed by atoms with Gasteiger partial charge in [-0.25, -0.2) is 5.06 Å². The van der Waals surface area contributed by atoms with Gasteiger partial charge in [0.15, 0.2) is 0 Å². The molecule has 1 aliphatic heterocycles. The monoisotopic (exact) mass is 170 g/mol. The summed E-state index contributed by atoms with van der Waals surface area (Å²) in [6, 6.07) is 0. The molecule has 1 rings (SSSR count). The Kier molecular flexibility index (Phi) is 3.94. The van der Waals surface area contributed by atoms with Crippen molar-refractivity contribution in [3.05, 3.63) is 12.4 Å². The van der Waals surface area contributed by atoms with Crippen molar-refractivity contribution < 1.29 is 4.84 Å². The molecule has 3 nitrogen and oxygen atoms in total. The van der Waals surface area contributed by atoms with E-state index in [4.69, 9.17) is 4.84 Å². The molecule has 0 aromatic rings. The fourth-order valence-electron chi connectivity index (χ4n) is 1.12. The van der Waals surface area contributed by atoms with Crippen LogP contribution in [-0.4, -0.2) is 30.3 Å². The molecule has 0 radical (unpaired) electrons. The van der Waals surface area contributed by atoms with Gasteiger partial charge >= 0.3 is 0 Å². The van der Waals surface area contributed by atoms with E-state index in [2.05, 4.69) is 11.8 Å². The van der Waals surface area contributed by atoms with Crippen LogP contribution in [0.4, 0.5) is 0 Å². The second-order valence-corrected chi connectivity index (χ2v) is 3.15. The van der Waals surface area contributed by atoms with E-state index in [1.807, 2.05) is 24.5 Å². The molecule has 0 bridgehead atoms. The van der Waals surface area contributed by atoms with E-state index in [0.717, 1.165) is 19.7 Å². The first-order valence-corrected chi connectivity index (χ1v) is 4.61. The highest BCUT2D eigenvalue weighted by molar-refractivity contribution is 4.84. The van der Waals surface area contributed by atoms with Crippen molar-refractivity contribution in [2.75, 3.05) is 20.3 Å². The molecule has 12 heavy (non-hydrogen) atoms. The standard InChI is InChI=1S/C9H18N2O/c1-3-4-5-8-12-11-7-6-10(2)9-11/h6-7H,3-5,8-9H2,1-2H3. The normalized spacial score (nSPS) is 16.2. The van der Waals surface area contributed by atoms with Crippen LogP contribution in [-0.2, 0) is 4.84 Å². The molecule has 0 spiro atoms. The summed E-state index contributed by atoms with van der Waals surface area (Å²) in [4.78, 5) is 7.56. The van der Waals surface area contributed by atoms with Crippen LogP contribution in [0.5, 0.6) is 0 Å². The molecule has 0 N–H and O–H groups in total. The molecule has 0 atom stereocenters. The van der Waals surface area contributed by atoms with Crippen molar-refractivity contribution in [1.82, 2.24) is 9.96 Å². The van der Waals surface area contributed by atoms with Gasteiger partial charge in [-0.1, -0.05) is 19.8 Å². The van der Waals surface area contributed by atoms with E-state index < -0.39 is 0 Å². The molecule has 1 aliphatic rings. The van der Waals surface area contributed by atoms with Crippen LogP contribution >= 0.6 is 0 Å². The maximum Gasteiger partial charge on any atom is 0.115 e. The van der Waals surface area contributed by atoms with Gasteiger partial charge in [-0.3, -0.25) is 4.84 Å². The van der Waals surface area contributed by atoms with Crippen molar-refractivity contribution in [3.63, 3.8) is 0 Å². The van der Waals surface area contributed by atoms with Gasteiger partial charge in [-0.2, -0.15) is 0 Å². The van der Waals surface area contributed by atoms with E-state index in [1.54, 1.807) is 0 Å². The first-order chi connectivity index (χ1) is 5.83. The highest BCUT2D eigenvalue weighted by Gasteiger charge is 2.07. The molecular weight excluding hydrogens is 152 g/mol. The van der Waals surface area contributed by atoms with Crippen LogP contribution in [0.15, 0.2) is 12.4 Å². The van der Waals surface area contributed by atoms with Crippen molar-refractivity contribution >= 4 is 0 Å². The van der Waals surface area contributed by atoms with E-state index in [0.29, 0.717) is 0 Å². The Hall–Kier alpha value is -0.700. The third-order valence-electron chi connectivity index (χ3n) is 1.85. The topological polar surface area (TPSA) is 15.7 Å². The van der Waals surface area contributed by atoms with Gasteiger partial charge in [-0.05, 0) is 6.42 Å². The fourth-order valence-corrected chi connectivity index (χ4v) is 1.12. The maximum absolute atomic E-state index is 5.48. The van der Waals surface area contributed by atoms with E-state index in [1.165, 1.54) is 12.8 Å². The average molecular weight is 170 g/mol. The molecular formula is C9H18N2O. The summed E-state index contributed by atoms with van der Waals surface area (Å²) >= 11 is 0. The molecule has 0 fully saturated rings. The zero-order chi connectivity index (χ0) is 8.81. The SMILES string of the molecule is CCCCCON1C=CN(C)C1. The molecule has 0 unspecified atom stereocenters.